The molecule has 3 N–H and O–H groups in total. The van der Waals surface area contributed by atoms with Gasteiger partial charge in [-0.2, -0.15) is 0 Å². The van der Waals surface area contributed by atoms with Gasteiger partial charge in [-0.05, 0) is 43.4 Å². The van der Waals surface area contributed by atoms with E-state index < -0.39 is 5.60 Å². The number of carbonyl (C=O) groups is 1. The minimum Gasteiger partial charge on any atom is -0.388 e. The van der Waals surface area contributed by atoms with Crippen molar-refractivity contribution in [3.63, 3.8) is 0 Å². The molecule has 1 atom stereocenters. The molecule has 1 aliphatic carbocycles. The second kappa shape index (κ2) is 6.24. The zero-order valence-electron chi connectivity index (χ0n) is 13.4. The summed E-state index contributed by atoms with van der Waals surface area (Å²) in [5.41, 5.74) is 0.0698. The molecule has 0 radical (unpaired) electrons. The van der Waals surface area contributed by atoms with Gasteiger partial charge < -0.3 is 15.7 Å². The van der Waals surface area contributed by atoms with E-state index >= 15 is 0 Å². The van der Waals surface area contributed by atoms with E-state index in [-0.39, 0.29) is 29.7 Å². The standard InChI is InChI=1S/C17H25FN2O2/c1-12(2)16(3,22)10-19-15(21)20-11-17(8-9-17)13-4-6-14(18)7-5-13/h4-7,12,22H,8-11H2,1-3H3,(H2,19,20,21). The molecule has 2 rings (SSSR count). The fourth-order valence-corrected chi connectivity index (χ4v) is 2.30. The highest BCUT2D eigenvalue weighted by Crippen LogP contribution is 2.47. The van der Waals surface area contributed by atoms with Gasteiger partial charge in [0.2, 0.25) is 0 Å². The third-order valence-corrected chi connectivity index (χ3v) is 4.75. The van der Waals surface area contributed by atoms with Crippen molar-refractivity contribution in [1.29, 1.82) is 0 Å². The minimum absolute atomic E-state index is 0.0572. The first kappa shape index (κ1) is 16.7. The maximum absolute atomic E-state index is 13.0. The molecule has 0 aliphatic heterocycles. The van der Waals surface area contributed by atoms with E-state index in [1.165, 1.54) is 12.1 Å². The SMILES string of the molecule is CC(C)C(C)(O)CNC(=O)NCC1(c2ccc(F)cc2)CC1. The van der Waals surface area contributed by atoms with Crippen LogP contribution in [0.5, 0.6) is 0 Å². The number of hydrogen-bond acceptors (Lipinski definition) is 2. The normalized spacial score (nSPS) is 18.6. The average Bonchev–Trinajstić information content (AvgIpc) is 3.25. The first-order valence-corrected chi connectivity index (χ1v) is 7.75. The monoisotopic (exact) mass is 308 g/mol. The van der Waals surface area contributed by atoms with Crippen LogP contribution >= 0.6 is 0 Å². The molecule has 1 aliphatic rings. The number of halogens is 1. The fraction of sp³-hybridized carbons (Fsp3) is 0.588. The van der Waals surface area contributed by atoms with Crippen LogP contribution in [0.25, 0.3) is 0 Å². The number of amides is 2. The first-order chi connectivity index (χ1) is 10.3. The van der Waals surface area contributed by atoms with Gasteiger partial charge in [0.1, 0.15) is 5.82 Å². The average molecular weight is 308 g/mol. The van der Waals surface area contributed by atoms with Crippen molar-refractivity contribution in [1.82, 2.24) is 10.6 Å². The van der Waals surface area contributed by atoms with Crippen molar-refractivity contribution in [3.8, 4) is 0 Å². The summed E-state index contributed by atoms with van der Waals surface area (Å²) in [7, 11) is 0. The van der Waals surface area contributed by atoms with Crippen molar-refractivity contribution in [3.05, 3.63) is 35.6 Å². The highest BCUT2D eigenvalue weighted by molar-refractivity contribution is 5.74. The van der Waals surface area contributed by atoms with Crippen molar-refractivity contribution >= 4 is 6.03 Å². The van der Waals surface area contributed by atoms with Crippen LogP contribution in [0.4, 0.5) is 9.18 Å². The number of nitrogens with one attached hydrogen (secondary N) is 2. The lowest BCUT2D eigenvalue weighted by molar-refractivity contribution is 0.0166. The molecule has 122 valence electrons. The van der Waals surface area contributed by atoms with E-state index in [0.29, 0.717) is 6.54 Å². The molecule has 1 aromatic rings. The molecule has 0 heterocycles. The summed E-state index contributed by atoms with van der Waals surface area (Å²) < 4.78 is 13.0. The molecular formula is C17H25FN2O2. The summed E-state index contributed by atoms with van der Waals surface area (Å²) in [6.07, 6.45) is 1.98. The van der Waals surface area contributed by atoms with Gasteiger partial charge in [-0.1, -0.05) is 26.0 Å². The number of carbonyl (C=O) groups excluding carboxylic acids is 1. The molecular weight excluding hydrogens is 283 g/mol. The molecule has 0 aromatic heterocycles. The fourth-order valence-electron chi connectivity index (χ4n) is 2.30. The lowest BCUT2D eigenvalue weighted by Gasteiger charge is -2.28. The van der Waals surface area contributed by atoms with E-state index in [4.69, 9.17) is 0 Å². The highest BCUT2D eigenvalue weighted by Gasteiger charge is 2.44. The number of rotatable bonds is 6. The summed E-state index contributed by atoms with van der Waals surface area (Å²) in [6, 6.07) is 6.19. The number of benzene rings is 1. The van der Waals surface area contributed by atoms with Crippen molar-refractivity contribution < 1.29 is 14.3 Å². The topological polar surface area (TPSA) is 61.4 Å². The second-order valence-electron chi connectivity index (χ2n) is 6.84. The van der Waals surface area contributed by atoms with Gasteiger partial charge in [-0.15, -0.1) is 0 Å². The molecule has 22 heavy (non-hydrogen) atoms. The van der Waals surface area contributed by atoms with E-state index in [0.717, 1.165) is 18.4 Å². The molecule has 1 unspecified atom stereocenters. The molecule has 1 aromatic carbocycles. The predicted octanol–water partition coefficient (Wildman–Crippen LogP) is 2.56. The summed E-state index contributed by atoms with van der Waals surface area (Å²) in [6.45, 7) is 6.26. The van der Waals surface area contributed by atoms with Crippen LogP contribution in [0, 0.1) is 11.7 Å². The molecule has 2 amide bonds. The number of hydrogen-bond donors (Lipinski definition) is 3. The van der Waals surface area contributed by atoms with Crippen LogP contribution in [0.3, 0.4) is 0 Å². The Morgan fingerprint density at radius 3 is 2.41 bits per heavy atom. The first-order valence-electron chi connectivity index (χ1n) is 7.75. The van der Waals surface area contributed by atoms with Gasteiger partial charge in [-0.3, -0.25) is 0 Å². The Labute approximate surface area is 131 Å². The van der Waals surface area contributed by atoms with Crippen LogP contribution in [0.15, 0.2) is 24.3 Å². The lowest BCUT2D eigenvalue weighted by Crippen LogP contribution is -2.48. The van der Waals surface area contributed by atoms with Gasteiger partial charge in [0.05, 0.1) is 5.60 Å². The predicted molar refractivity (Wildman–Crippen MR) is 84.2 cm³/mol. The van der Waals surface area contributed by atoms with Crippen molar-refractivity contribution in [2.75, 3.05) is 13.1 Å². The number of urea groups is 1. The third kappa shape index (κ3) is 3.97. The maximum atomic E-state index is 13.0. The Morgan fingerprint density at radius 2 is 1.91 bits per heavy atom. The van der Waals surface area contributed by atoms with Gasteiger partial charge in [0.25, 0.3) is 0 Å². The zero-order valence-corrected chi connectivity index (χ0v) is 13.4. The number of aliphatic hydroxyl groups is 1. The van der Waals surface area contributed by atoms with E-state index in [1.807, 2.05) is 13.8 Å². The Balaban J connectivity index is 1.83. The van der Waals surface area contributed by atoms with Crippen LogP contribution in [-0.2, 0) is 5.41 Å². The Morgan fingerprint density at radius 1 is 1.32 bits per heavy atom. The largest absolute Gasteiger partial charge is 0.388 e. The van der Waals surface area contributed by atoms with Gasteiger partial charge in [0, 0.05) is 18.5 Å². The summed E-state index contributed by atoms with van der Waals surface area (Å²) in [5, 5.41) is 15.7. The van der Waals surface area contributed by atoms with Gasteiger partial charge in [0.15, 0.2) is 0 Å². The van der Waals surface area contributed by atoms with Crippen LogP contribution in [0.2, 0.25) is 0 Å². The van der Waals surface area contributed by atoms with Gasteiger partial charge >= 0.3 is 6.03 Å². The molecule has 5 heteroatoms. The van der Waals surface area contributed by atoms with E-state index in [1.54, 1.807) is 19.1 Å². The van der Waals surface area contributed by atoms with Crippen molar-refractivity contribution in [2.24, 2.45) is 5.92 Å². The van der Waals surface area contributed by atoms with E-state index in [9.17, 15) is 14.3 Å². The van der Waals surface area contributed by atoms with Crippen LogP contribution < -0.4 is 10.6 Å². The Hall–Kier alpha value is -1.62. The Bertz CT molecular complexity index is 522. The molecule has 0 bridgehead atoms. The quantitative estimate of drug-likeness (QED) is 0.756. The third-order valence-electron chi connectivity index (χ3n) is 4.75. The van der Waals surface area contributed by atoms with Crippen LogP contribution in [0.1, 0.15) is 39.2 Å². The maximum Gasteiger partial charge on any atom is 0.314 e. The zero-order chi connectivity index (χ0) is 16.4. The summed E-state index contributed by atoms with van der Waals surface area (Å²) in [5.74, 6) is -0.192. The van der Waals surface area contributed by atoms with Crippen molar-refractivity contribution in [2.45, 2.75) is 44.6 Å². The minimum atomic E-state index is -0.925. The van der Waals surface area contributed by atoms with Crippen LogP contribution in [-0.4, -0.2) is 29.8 Å². The molecule has 0 saturated heterocycles. The summed E-state index contributed by atoms with van der Waals surface area (Å²) in [4.78, 5) is 11.9. The molecule has 1 saturated carbocycles. The summed E-state index contributed by atoms with van der Waals surface area (Å²) >= 11 is 0. The Kier molecular flexibility index (Phi) is 4.75. The van der Waals surface area contributed by atoms with E-state index in [2.05, 4.69) is 10.6 Å². The molecule has 1 fully saturated rings. The second-order valence-corrected chi connectivity index (χ2v) is 6.84. The molecule has 0 spiro atoms. The van der Waals surface area contributed by atoms with Gasteiger partial charge in [-0.25, -0.2) is 9.18 Å². The lowest BCUT2D eigenvalue weighted by atomic mass is 9.93. The highest BCUT2D eigenvalue weighted by atomic mass is 19.1. The smallest absolute Gasteiger partial charge is 0.314 e. The molecule has 4 nitrogen and oxygen atoms in total.